The van der Waals surface area contributed by atoms with Crippen LogP contribution in [0, 0.1) is 0 Å². The lowest BCUT2D eigenvalue weighted by Gasteiger charge is -2.15. The SMILES string of the molecule is O=C(Nc1nnc(SCc2ccccc2)s1)c1ccc(N2CCCC2=O)cc1. The summed E-state index contributed by atoms with van der Waals surface area (Å²) in [6, 6.07) is 17.2. The fourth-order valence-electron chi connectivity index (χ4n) is 2.92. The first-order chi connectivity index (χ1) is 13.7. The molecular formula is C20H18N4O2S2. The van der Waals surface area contributed by atoms with Crippen molar-refractivity contribution in [3.8, 4) is 0 Å². The Kier molecular flexibility index (Phi) is 5.68. The molecule has 1 aliphatic heterocycles. The average Bonchev–Trinajstić information content (AvgIpc) is 3.36. The van der Waals surface area contributed by atoms with Crippen LogP contribution in [0.3, 0.4) is 0 Å². The lowest BCUT2D eigenvalue weighted by molar-refractivity contribution is -0.117. The van der Waals surface area contributed by atoms with Gasteiger partial charge in [0, 0.05) is 30.0 Å². The summed E-state index contributed by atoms with van der Waals surface area (Å²) in [6.07, 6.45) is 1.46. The number of anilines is 2. The van der Waals surface area contributed by atoms with Crippen molar-refractivity contribution in [2.75, 3.05) is 16.8 Å². The predicted molar refractivity (Wildman–Crippen MR) is 112 cm³/mol. The highest BCUT2D eigenvalue weighted by atomic mass is 32.2. The lowest BCUT2D eigenvalue weighted by atomic mass is 10.2. The molecule has 1 N–H and O–H groups in total. The van der Waals surface area contributed by atoms with Gasteiger partial charge in [-0.05, 0) is 36.2 Å². The number of amides is 2. The van der Waals surface area contributed by atoms with E-state index in [0.717, 1.165) is 28.7 Å². The molecule has 2 aromatic carbocycles. The number of benzene rings is 2. The fraction of sp³-hybridized carbons (Fsp3) is 0.200. The van der Waals surface area contributed by atoms with Gasteiger partial charge in [0.2, 0.25) is 11.0 Å². The van der Waals surface area contributed by atoms with E-state index in [-0.39, 0.29) is 11.8 Å². The maximum absolute atomic E-state index is 12.4. The molecule has 1 aromatic heterocycles. The van der Waals surface area contributed by atoms with Crippen LogP contribution in [0.5, 0.6) is 0 Å². The largest absolute Gasteiger partial charge is 0.312 e. The summed E-state index contributed by atoms with van der Waals surface area (Å²) in [5.74, 6) is 0.696. The van der Waals surface area contributed by atoms with E-state index >= 15 is 0 Å². The van der Waals surface area contributed by atoms with Crippen molar-refractivity contribution in [2.45, 2.75) is 22.9 Å². The molecule has 0 bridgehead atoms. The third-order valence-electron chi connectivity index (χ3n) is 4.35. The summed E-state index contributed by atoms with van der Waals surface area (Å²) in [6.45, 7) is 0.735. The second-order valence-electron chi connectivity index (χ2n) is 6.30. The van der Waals surface area contributed by atoms with Crippen LogP contribution in [0.4, 0.5) is 10.8 Å². The topological polar surface area (TPSA) is 75.2 Å². The van der Waals surface area contributed by atoms with E-state index in [4.69, 9.17) is 0 Å². The van der Waals surface area contributed by atoms with Crippen LogP contribution in [-0.4, -0.2) is 28.6 Å². The van der Waals surface area contributed by atoms with Crippen molar-refractivity contribution in [1.82, 2.24) is 10.2 Å². The van der Waals surface area contributed by atoms with Crippen LogP contribution in [0.1, 0.15) is 28.8 Å². The Morgan fingerprint density at radius 2 is 1.89 bits per heavy atom. The molecule has 4 rings (SSSR count). The smallest absolute Gasteiger partial charge is 0.257 e. The molecule has 28 heavy (non-hydrogen) atoms. The van der Waals surface area contributed by atoms with E-state index in [1.54, 1.807) is 40.9 Å². The van der Waals surface area contributed by atoms with Crippen LogP contribution in [-0.2, 0) is 10.5 Å². The average molecular weight is 411 g/mol. The Bertz CT molecular complexity index is 973. The summed E-state index contributed by atoms with van der Waals surface area (Å²) in [7, 11) is 0. The number of nitrogens with one attached hydrogen (secondary N) is 1. The van der Waals surface area contributed by atoms with Crippen LogP contribution in [0.25, 0.3) is 0 Å². The van der Waals surface area contributed by atoms with Gasteiger partial charge in [-0.1, -0.05) is 53.4 Å². The van der Waals surface area contributed by atoms with Crippen LogP contribution in [0.15, 0.2) is 58.9 Å². The molecule has 0 aliphatic carbocycles. The molecule has 2 amide bonds. The molecule has 142 valence electrons. The first-order valence-corrected chi connectivity index (χ1v) is 10.7. The number of aromatic nitrogens is 2. The van der Waals surface area contributed by atoms with E-state index in [1.807, 2.05) is 18.2 Å². The summed E-state index contributed by atoms with van der Waals surface area (Å²) in [5, 5.41) is 11.4. The summed E-state index contributed by atoms with van der Waals surface area (Å²) in [5.41, 5.74) is 2.56. The molecule has 0 spiro atoms. The van der Waals surface area contributed by atoms with E-state index in [1.165, 1.54) is 16.9 Å². The van der Waals surface area contributed by atoms with Crippen molar-refractivity contribution in [3.63, 3.8) is 0 Å². The Labute approximate surface area is 171 Å². The van der Waals surface area contributed by atoms with E-state index in [9.17, 15) is 9.59 Å². The maximum Gasteiger partial charge on any atom is 0.257 e. The van der Waals surface area contributed by atoms with E-state index in [2.05, 4.69) is 27.6 Å². The summed E-state index contributed by atoms with van der Waals surface area (Å²) < 4.78 is 0.807. The number of rotatable bonds is 6. The van der Waals surface area contributed by atoms with Crippen molar-refractivity contribution in [3.05, 3.63) is 65.7 Å². The van der Waals surface area contributed by atoms with Crippen molar-refractivity contribution in [1.29, 1.82) is 0 Å². The number of nitrogens with zero attached hydrogens (tertiary/aromatic N) is 3. The molecule has 2 heterocycles. The fourth-order valence-corrected chi connectivity index (χ4v) is 4.62. The second-order valence-corrected chi connectivity index (χ2v) is 8.50. The highest BCUT2D eigenvalue weighted by molar-refractivity contribution is 8.00. The van der Waals surface area contributed by atoms with Gasteiger partial charge in [-0.25, -0.2) is 0 Å². The highest BCUT2D eigenvalue weighted by Crippen LogP contribution is 2.28. The van der Waals surface area contributed by atoms with Gasteiger partial charge in [0.1, 0.15) is 0 Å². The van der Waals surface area contributed by atoms with Gasteiger partial charge >= 0.3 is 0 Å². The van der Waals surface area contributed by atoms with Gasteiger partial charge in [-0.3, -0.25) is 14.9 Å². The normalized spacial score (nSPS) is 13.7. The van der Waals surface area contributed by atoms with Crippen molar-refractivity contribution < 1.29 is 9.59 Å². The Morgan fingerprint density at radius 3 is 2.61 bits per heavy atom. The molecule has 3 aromatic rings. The predicted octanol–water partition coefficient (Wildman–Crippen LogP) is 4.21. The molecule has 1 saturated heterocycles. The zero-order chi connectivity index (χ0) is 19.3. The molecule has 1 aliphatic rings. The first-order valence-electron chi connectivity index (χ1n) is 8.91. The standard InChI is InChI=1S/C20H18N4O2S2/c25-17-7-4-12-24(17)16-10-8-15(9-11-16)18(26)21-19-22-23-20(28-19)27-13-14-5-2-1-3-6-14/h1-3,5-6,8-11H,4,7,12-13H2,(H,21,22,26). The van der Waals surface area contributed by atoms with Gasteiger partial charge < -0.3 is 4.90 Å². The van der Waals surface area contributed by atoms with Gasteiger partial charge in [0.15, 0.2) is 4.34 Å². The summed E-state index contributed by atoms with van der Waals surface area (Å²) in [4.78, 5) is 26.0. The van der Waals surface area contributed by atoms with Gasteiger partial charge in [0.05, 0.1) is 0 Å². The van der Waals surface area contributed by atoms with Gasteiger partial charge in [-0.15, -0.1) is 10.2 Å². The molecule has 6 nitrogen and oxygen atoms in total. The number of hydrogen-bond donors (Lipinski definition) is 1. The van der Waals surface area contributed by atoms with Crippen LogP contribution >= 0.6 is 23.1 Å². The molecule has 0 radical (unpaired) electrons. The second kappa shape index (κ2) is 8.53. The number of thioether (sulfide) groups is 1. The minimum atomic E-state index is -0.241. The third-order valence-corrected chi connectivity index (χ3v) is 6.39. The Balaban J connectivity index is 1.34. The minimum Gasteiger partial charge on any atom is -0.312 e. The Hall–Kier alpha value is -2.71. The monoisotopic (exact) mass is 410 g/mol. The summed E-state index contributed by atoms with van der Waals surface area (Å²) >= 11 is 2.94. The molecular weight excluding hydrogens is 392 g/mol. The minimum absolute atomic E-state index is 0.131. The Morgan fingerprint density at radius 1 is 1.11 bits per heavy atom. The van der Waals surface area contributed by atoms with Gasteiger partial charge in [-0.2, -0.15) is 0 Å². The van der Waals surface area contributed by atoms with Crippen LogP contribution < -0.4 is 10.2 Å². The number of hydrogen-bond acceptors (Lipinski definition) is 6. The molecule has 0 saturated carbocycles. The number of carbonyl (C=O) groups is 2. The van der Waals surface area contributed by atoms with E-state index < -0.39 is 0 Å². The first kappa shape index (κ1) is 18.6. The van der Waals surface area contributed by atoms with Crippen LogP contribution in [0.2, 0.25) is 0 Å². The zero-order valence-electron chi connectivity index (χ0n) is 15.0. The van der Waals surface area contributed by atoms with E-state index in [0.29, 0.717) is 17.1 Å². The molecule has 1 fully saturated rings. The number of carbonyl (C=O) groups excluding carboxylic acids is 2. The highest BCUT2D eigenvalue weighted by Gasteiger charge is 2.21. The molecule has 8 heteroatoms. The maximum atomic E-state index is 12.4. The lowest BCUT2D eigenvalue weighted by Crippen LogP contribution is -2.23. The zero-order valence-corrected chi connectivity index (χ0v) is 16.6. The van der Waals surface area contributed by atoms with Gasteiger partial charge in [0.25, 0.3) is 5.91 Å². The van der Waals surface area contributed by atoms with Crippen molar-refractivity contribution >= 4 is 45.7 Å². The molecule has 0 unspecified atom stereocenters. The molecule has 0 atom stereocenters. The quantitative estimate of drug-likeness (QED) is 0.487. The third kappa shape index (κ3) is 4.40. The van der Waals surface area contributed by atoms with Crippen molar-refractivity contribution in [2.24, 2.45) is 0 Å².